The van der Waals surface area contributed by atoms with Crippen LogP contribution in [0.4, 0.5) is 0 Å². The van der Waals surface area contributed by atoms with E-state index >= 15 is 0 Å². The Morgan fingerprint density at radius 2 is 2.35 bits per heavy atom. The van der Waals surface area contributed by atoms with Crippen molar-refractivity contribution in [2.24, 2.45) is 0 Å². The minimum atomic E-state index is -2.91. The summed E-state index contributed by atoms with van der Waals surface area (Å²) < 4.78 is 24.8. The largest absolute Gasteiger partial charge is 0.396 e. The van der Waals surface area contributed by atoms with Crippen molar-refractivity contribution < 1.29 is 13.5 Å². The van der Waals surface area contributed by atoms with E-state index in [2.05, 4.69) is 5.10 Å². The van der Waals surface area contributed by atoms with Gasteiger partial charge in [-0.1, -0.05) is 0 Å². The Balaban J connectivity index is 2.15. The van der Waals surface area contributed by atoms with Gasteiger partial charge in [-0.2, -0.15) is 5.10 Å². The fourth-order valence-electron chi connectivity index (χ4n) is 2.24. The first-order valence-electron chi connectivity index (χ1n) is 5.80. The lowest BCUT2D eigenvalue weighted by molar-refractivity contribution is 0.288. The molecule has 17 heavy (non-hydrogen) atoms. The number of aryl methyl sites for hydroxylation is 1. The van der Waals surface area contributed by atoms with E-state index < -0.39 is 15.4 Å². The molecule has 1 aliphatic heterocycles. The van der Waals surface area contributed by atoms with Gasteiger partial charge in [0.1, 0.15) is 0 Å². The van der Waals surface area contributed by atoms with Gasteiger partial charge in [-0.15, -0.1) is 0 Å². The maximum atomic E-state index is 11.5. The van der Waals surface area contributed by atoms with Crippen LogP contribution in [0, 0.1) is 0 Å². The Labute approximate surface area is 101 Å². The third-order valence-corrected chi connectivity index (χ3v) is 5.18. The number of aliphatic hydroxyl groups is 1. The minimum Gasteiger partial charge on any atom is -0.396 e. The lowest BCUT2D eigenvalue weighted by Crippen LogP contribution is -2.31. The highest BCUT2D eigenvalue weighted by Gasteiger charge is 2.40. The number of aromatic nitrogens is 2. The zero-order chi connectivity index (χ0) is 12.5. The van der Waals surface area contributed by atoms with Gasteiger partial charge in [0, 0.05) is 12.8 Å². The molecule has 1 aromatic rings. The van der Waals surface area contributed by atoms with Gasteiger partial charge >= 0.3 is 0 Å². The topological polar surface area (TPSA) is 72.2 Å². The van der Waals surface area contributed by atoms with Crippen LogP contribution in [0.5, 0.6) is 0 Å². The Bertz CT molecular complexity index is 495. The molecule has 6 heteroatoms. The molecule has 5 nitrogen and oxygen atoms in total. The third kappa shape index (κ3) is 2.69. The van der Waals surface area contributed by atoms with E-state index in [0.717, 1.165) is 12.0 Å². The number of sulfone groups is 1. The molecule has 1 saturated heterocycles. The van der Waals surface area contributed by atoms with Crippen LogP contribution in [0.15, 0.2) is 12.4 Å². The van der Waals surface area contributed by atoms with Gasteiger partial charge < -0.3 is 5.11 Å². The van der Waals surface area contributed by atoms with Crippen molar-refractivity contribution in [1.29, 1.82) is 0 Å². The predicted molar refractivity (Wildman–Crippen MR) is 64.6 cm³/mol. The Hall–Kier alpha value is -0.880. The molecule has 0 saturated carbocycles. The first-order chi connectivity index (χ1) is 7.95. The number of rotatable bonds is 4. The van der Waals surface area contributed by atoms with E-state index in [4.69, 9.17) is 5.11 Å². The van der Waals surface area contributed by atoms with Crippen LogP contribution in [0.25, 0.3) is 0 Å². The summed E-state index contributed by atoms with van der Waals surface area (Å²) in [6.45, 7) is 2.09. The van der Waals surface area contributed by atoms with Gasteiger partial charge in [0.2, 0.25) is 0 Å². The summed E-state index contributed by atoms with van der Waals surface area (Å²) in [5.74, 6) is 0.413. The smallest absolute Gasteiger partial charge is 0.152 e. The minimum absolute atomic E-state index is 0.164. The maximum Gasteiger partial charge on any atom is 0.152 e. The van der Waals surface area contributed by atoms with Crippen molar-refractivity contribution >= 4 is 9.84 Å². The van der Waals surface area contributed by atoms with E-state index in [0.29, 0.717) is 12.8 Å². The van der Waals surface area contributed by atoms with Gasteiger partial charge in [-0.3, -0.25) is 4.68 Å². The van der Waals surface area contributed by atoms with Crippen molar-refractivity contribution in [2.75, 3.05) is 18.1 Å². The molecular formula is C11H18N2O3S. The fraction of sp³-hybridized carbons (Fsp3) is 0.727. The average molecular weight is 258 g/mol. The highest BCUT2D eigenvalue weighted by Crippen LogP contribution is 2.30. The van der Waals surface area contributed by atoms with Gasteiger partial charge in [0.15, 0.2) is 9.84 Å². The van der Waals surface area contributed by atoms with Crippen molar-refractivity contribution in [3.05, 3.63) is 18.0 Å². The molecule has 1 fully saturated rings. The van der Waals surface area contributed by atoms with Crippen molar-refractivity contribution in [3.8, 4) is 0 Å². The highest BCUT2D eigenvalue weighted by molar-refractivity contribution is 7.91. The molecule has 0 aliphatic carbocycles. The quantitative estimate of drug-likeness (QED) is 0.845. The van der Waals surface area contributed by atoms with Gasteiger partial charge in [-0.05, 0) is 31.7 Å². The second kappa shape index (κ2) is 4.42. The molecule has 0 radical (unpaired) electrons. The Morgan fingerprint density at radius 1 is 1.59 bits per heavy atom. The molecule has 0 bridgehead atoms. The summed E-state index contributed by atoms with van der Waals surface area (Å²) in [5.41, 5.74) is 0.639. The van der Waals surface area contributed by atoms with Crippen LogP contribution in [0.1, 0.15) is 25.3 Å². The molecule has 1 aliphatic rings. The highest BCUT2D eigenvalue weighted by atomic mass is 32.2. The van der Waals surface area contributed by atoms with Crippen LogP contribution in [0.3, 0.4) is 0 Å². The molecule has 2 heterocycles. The molecular weight excluding hydrogens is 240 g/mol. The van der Waals surface area contributed by atoms with Crippen molar-refractivity contribution in [1.82, 2.24) is 9.78 Å². The zero-order valence-corrected chi connectivity index (χ0v) is 10.8. The average Bonchev–Trinajstić information content (AvgIpc) is 2.81. The molecule has 1 aromatic heterocycles. The molecule has 2 rings (SSSR count). The number of hydrogen-bond acceptors (Lipinski definition) is 4. The number of nitrogens with zero attached hydrogens (tertiary/aromatic N) is 2. The molecule has 96 valence electrons. The van der Waals surface area contributed by atoms with Crippen LogP contribution in [0.2, 0.25) is 0 Å². The van der Waals surface area contributed by atoms with Gasteiger partial charge in [0.25, 0.3) is 0 Å². The molecule has 1 atom stereocenters. The van der Waals surface area contributed by atoms with Gasteiger partial charge in [-0.25, -0.2) is 8.42 Å². The van der Waals surface area contributed by atoms with Crippen molar-refractivity contribution in [2.45, 2.75) is 31.7 Å². The standard InChI is InChI=1S/C11H18N2O3S/c1-11(4-6-17(15,16)9-11)13-8-10(7-12-13)3-2-5-14/h7-8,14H,2-6,9H2,1H3. The fourth-order valence-corrected chi connectivity index (χ4v) is 4.36. The summed E-state index contributed by atoms with van der Waals surface area (Å²) >= 11 is 0. The van der Waals surface area contributed by atoms with Crippen LogP contribution >= 0.6 is 0 Å². The molecule has 0 spiro atoms. The Morgan fingerprint density at radius 3 is 2.94 bits per heavy atom. The lowest BCUT2D eigenvalue weighted by atomic mass is 10.0. The summed E-state index contributed by atoms with van der Waals surface area (Å²) in [5, 5.41) is 13.0. The van der Waals surface area contributed by atoms with E-state index in [1.165, 1.54) is 0 Å². The molecule has 0 aromatic carbocycles. The van der Waals surface area contributed by atoms with Crippen LogP contribution in [-0.4, -0.2) is 41.4 Å². The lowest BCUT2D eigenvalue weighted by Gasteiger charge is -2.22. The van der Waals surface area contributed by atoms with E-state index in [-0.39, 0.29) is 18.1 Å². The SMILES string of the molecule is CC1(n2cc(CCCO)cn2)CCS(=O)(=O)C1. The second-order valence-corrected chi connectivity index (χ2v) is 7.14. The van der Waals surface area contributed by atoms with E-state index in [9.17, 15) is 8.42 Å². The Kier molecular flexibility index (Phi) is 3.27. The van der Waals surface area contributed by atoms with Crippen molar-refractivity contribution in [3.63, 3.8) is 0 Å². The first-order valence-corrected chi connectivity index (χ1v) is 7.63. The van der Waals surface area contributed by atoms with E-state index in [1.54, 1.807) is 10.9 Å². The summed E-state index contributed by atoms with van der Waals surface area (Å²) in [7, 11) is -2.91. The van der Waals surface area contributed by atoms with E-state index in [1.807, 2.05) is 13.1 Å². The normalized spacial score (nSPS) is 27.4. The number of hydrogen-bond donors (Lipinski definition) is 1. The molecule has 1 unspecified atom stereocenters. The maximum absolute atomic E-state index is 11.5. The van der Waals surface area contributed by atoms with Crippen LogP contribution < -0.4 is 0 Å². The third-order valence-electron chi connectivity index (χ3n) is 3.30. The predicted octanol–water partition coefficient (Wildman–Crippen LogP) is 0.342. The zero-order valence-electron chi connectivity index (χ0n) is 9.96. The second-order valence-electron chi connectivity index (χ2n) is 4.96. The molecule has 0 amide bonds. The first kappa shape index (κ1) is 12.6. The molecule has 1 N–H and O–H groups in total. The van der Waals surface area contributed by atoms with Gasteiger partial charge in [0.05, 0.1) is 23.2 Å². The number of aliphatic hydroxyl groups excluding tert-OH is 1. The van der Waals surface area contributed by atoms with Crippen LogP contribution in [-0.2, 0) is 21.8 Å². The summed E-state index contributed by atoms with van der Waals surface area (Å²) in [4.78, 5) is 0. The summed E-state index contributed by atoms with van der Waals surface area (Å²) in [6.07, 6.45) is 5.76. The summed E-state index contributed by atoms with van der Waals surface area (Å²) in [6, 6.07) is 0. The monoisotopic (exact) mass is 258 g/mol.